The standard InChI is InChI=1S/C8H15N3OS/c1-9-6(5-12)3-7-4-11-8(10-2)13-7/h4,6,9,12H,3,5H2,1-2H3,(H,10,11)/t6-/m1/s1. The SMILES string of the molecule is CNc1ncc(C[C@H](CO)NC)s1. The fourth-order valence-electron chi connectivity index (χ4n) is 1.02. The van der Waals surface area contributed by atoms with Crippen LogP contribution in [0.15, 0.2) is 6.20 Å². The minimum atomic E-state index is 0.130. The van der Waals surface area contributed by atoms with Crippen molar-refractivity contribution in [3.05, 3.63) is 11.1 Å². The van der Waals surface area contributed by atoms with Crippen molar-refractivity contribution in [2.45, 2.75) is 12.5 Å². The van der Waals surface area contributed by atoms with Gasteiger partial charge in [0, 0.05) is 30.6 Å². The first-order chi connectivity index (χ1) is 6.30. The number of anilines is 1. The van der Waals surface area contributed by atoms with Crippen LogP contribution in [0.25, 0.3) is 0 Å². The molecule has 1 aromatic heterocycles. The lowest BCUT2D eigenvalue weighted by atomic mass is 10.2. The van der Waals surface area contributed by atoms with Crippen molar-refractivity contribution in [3.63, 3.8) is 0 Å². The van der Waals surface area contributed by atoms with Crippen LogP contribution in [0.4, 0.5) is 5.13 Å². The molecule has 3 N–H and O–H groups in total. The zero-order chi connectivity index (χ0) is 9.68. The third-order valence-electron chi connectivity index (χ3n) is 1.84. The third-order valence-corrected chi connectivity index (χ3v) is 2.88. The molecule has 0 fully saturated rings. The summed E-state index contributed by atoms with van der Waals surface area (Å²) in [6.45, 7) is 0.156. The Balaban J connectivity index is 2.52. The molecular weight excluding hydrogens is 186 g/mol. The van der Waals surface area contributed by atoms with E-state index in [1.54, 1.807) is 11.3 Å². The van der Waals surface area contributed by atoms with E-state index in [1.807, 2.05) is 20.3 Å². The number of nitrogens with zero attached hydrogens (tertiary/aromatic N) is 1. The van der Waals surface area contributed by atoms with Gasteiger partial charge < -0.3 is 15.7 Å². The first-order valence-electron chi connectivity index (χ1n) is 4.20. The van der Waals surface area contributed by atoms with Gasteiger partial charge >= 0.3 is 0 Å². The molecule has 13 heavy (non-hydrogen) atoms. The average molecular weight is 201 g/mol. The van der Waals surface area contributed by atoms with Crippen LogP contribution in [0.2, 0.25) is 0 Å². The highest BCUT2D eigenvalue weighted by atomic mass is 32.1. The largest absolute Gasteiger partial charge is 0.395 e. The Morgan fingerprint density at radius 1 is 1.62 bits per heavy atom. The van der Waals surface area contributed by atoms with Crippen molar-refractivity contribution in [2.24, 2.45) is 0 Å². The lowest BCUT2D eigenvalue weighted by molar-refractivity contribution is 0.248. The van der Waals surface area contributed by atoms with E-state index in [-0.39, 0.29) is 12.6 Å². The van der Waals surface area contributed by atoms with Crippen LogP contribution in [-0.4, -0.2) is 36.8 Å². The highest BCUT2D eigenvalue weighted by Crippen LogP contribution is 2.18. The van der Waals surface area contributed by atoms with Gasteiger partial charge in [-0.25, -0.2) is 4.98 Å². The van der Waals surface area contributed by atoms with E-state index in [9.17, 15) is 0 Å². The van der Waals surface area contributed by atoms with E-state index in [4.69, 9.17) is 5.11 Å². The second-order valence-electron chi connectivity index (χ2n) is 2.75. The molecule has 0 aliphatic heterocycles. The van der Waals surface area contributed by atoms with Crippen LogP contribution in [0.5, 0.6) is 0 Å². The van der Waals surface area contributed by atoms with Gasteiger partial charge in [-0.3, -0.25) is 0 Å². The van der Waals surface area contributed by atoms with Gasteiger partial charge in [-0.2, -0.15) is 0 Å². The van der Waals surface area contributed by atoms with Crippen LogP contribution in [0, 0.1) is 0 Å². The monoisotopic (exact) mass is 201 g/mol. The lowest BCUT2D eigenvalue weighted by Gasteiger charge is -2.10. The molecule has 0 amide bonds. The number of thiazole rings is 1. The number of aliphatic hydroxyl groups is 1. The predicted molar refractivity (Wildman–Crippen MR) is 55.3 cm³/mol. The molecule has 0 saturated heterocycles. The first-order valence-corrected chi connectivity index (χ1v) is 5.02. The van der Waals surface area contributed by atoms with Crippen molar-refractivity contribution < 1.29 is 5.11 Å². The molecule has 74 valence electrons. The Labute approximate surface area is 82.0 Å². The predicted octanol–water partition coefficient (Wildman–Crippen LogP) is 0.308. The summed E-state index contributed by atoms with van der Waals surface area (Å²) in [6.07, 6.45) is 2.67. The Kier molecular flexibility index (Phi) is 4.14. The van der Waals surface area contributed by atoms with E-state index < -0.39 is 0 Å². The van der Waals surface area contributed by atoms with Gasteiger partial charge in [0.25, 0.3) is 0 Å². The van der Waals surface area contributed by atoms with Crippen LogP contribution >= 0.6 is 11.3 Å². The Morgan fingerprint density at radius 3 is 2.85 bits per heavy atom. The highest BCUT2D eigenvalue weighted by molar-refractivity contribution is 7.15. The number of nitrogens with one attached hydrogen (secondary N) is 2. The van der Waals surface area contributed by atoms with Crippen molar-refractivity contribution in [1.29, 1.82) is 0 Å². The van der Waals surface area contributed by atoms with Crippen LogP contribution in [0.1, 0.15) is 4.88 Å². The van der Waals surface area contributed by atoms with Gasteiger partial charge in [-0.15, -0.1) is 11.3 Å². The van der Waals surface area contributed by atoms with E-state index in [0.717, 1.165) is 11.6 Å². The minimum absolute atomic E-state index is 0.130. The molecule has 0 unspecified atom stereocenters. The topological polar surface area (TPSA) is 57.2 Å². The van der Waals surface area contributed by atoms with Gasteiger partial charge in [0.15, 0.2) is 5.13 Å². The summed E-state index contributed by atoms with van der Waals surface area (Å²) in [6, 6.07) is 0.130. The van der Waals surface area contributed by atoms with Gasteiger partial charge in [0.05, 0.1) is 6.61 Å². The summed E-state index contributed by atoms with van der Waals surface area (Å²) in [7, 11) is 3.70. The third kappa shape index (κ3) is 2.95. The number of aliphatic hydroxyl groups excluding tert-OH is 1. The summed E-state index contributed by atoms with van der Waals surface area (Å²) in [5.41, 5.74) is 0. The van der Waals surface area contributed by atoms with Gasteiger partial charge in [-0.1, -0.05) is 0 Å². The summed E-state index contributed by atoms with van der Waals surface area (Å²) in [5.74, 6) is 0. The second-order valence-corrected chi connectivity index (χ2v) is 3.87. The lowest BCUT2D eigenvalue weighted by Crippen LogP contribution is -2.30. The van der Waals surface area contributed by atoms with Gasteiger partial charge in [-0.05, 0) is 7.05 Å². The Hall–Kier alpha value is -0.650. The molecule has 0 saturated carbocycles. The number of likely N-dealkylation sites (N-methyl/N-ethyl adjacent to an activating group) is 1. The zero-order valence-corrected chi connectivity index (χ0v) is 8.69. The summed E-state index contributed by atoms with van der Waals surface area (Å²) >= 11 is 1.62. The van der Waals surface area contributed by atoms with E-state index in [2.05, 4.69) is 15.6 Å². The maximum absolute atomic E-state index is 8.96. The van der Waals surface area contributed by atoms with Gasteiger partial charge in [0.2, 0.25) is 0 Å². The first kappa shape index (κ1) is 10.4. The molecule has 0 spiro atoms. The zero-order valence-electron chi connectivity index (χ0n) is 7.87. The molecule has 1 heterocycles. The van der Waals surface area contributed by atoms with E-state index >= 15 is 0 Å². The minimum Gasteiger partial charge on any atom is -0.395 e. The summed E-state index contributed by atoms with van der Waals surface area (Å²) in [5, 5.41) is 15.9. The van der Waals surface area contributed by atoms with Crippen LogP contribution < -0.4 is 10.6 Å². The fourth-order valence-corrected chi connectivity index (χ4v) is 1.86. The average Bonchev–Trinajstić information content (AvgIpc) is 2.61. The highest BCUT2D eigenvalue weighted by Gasteiger charge is 2.07. The second kappa shape index (κ2) is 5.16. The van der Waals surface area contributed by atoms with Crippen LogP contribution in [0.3, 0.4) is 0 Å². The van der Waals surface area contributed by atoms with Crippen molar-refractivity contribution in [1.82, 2.24) is 10.3 Å². The van der Waals surface area contributed by atoms with E-state index in [0.29, 0.717) is 0 Å². The molecule has 0 aromatic carbocycles. The van der Waals surface area contributed by atoms with Gasteiger partial charge in [0.1, 0.15) is 0 Å². The number of aromatic nitrogens is 1. The van der Waals surface area contributed by atoms with Crippen molar-refractivity contribution >= 4 is 16.5 Å². The smallest absolute Gasteiger partial charge is 0.182 e. The van der Waals surface area contributed by atoms with E-state index in [1.165, 1.54) is 4.88 Å². The Bertz CT molecular complexity index is 247. The molecule has 1 atom stereocenters. The van der Waals surface area contributed by atoms with Crippen LogP contribution in [-0.2, 0) is 6.42 Å². The maximum atomic E-state index is 8.96. The number of hydrogen-bond acceptors (Lipinski definition) is 5. The Morgan fingerprint density at radius 2 is 2.38 bits per heavy atom. The molecule has 5 heteroatoms. The molecule has 4 nitrogen and oxygen atoms in total. The maximum Gasteiger partial charge on any atom is 0.182 e. The molecule has 1 aromatic rings. The summed E-state index contributed by atoms with van der Waals surface area (Å²) < 4.78 is 0. The fraction of sp³-hybridized carbons (Fsp3) is 0.625. The number of hydrogen-bond donors (Lipinski definition) is 3. The van der Waals surface area contributed by atoms with Crippen molar-refractivity contribution in [2.75, 3.05) is 26.0 Å². The molecule has 0 aliphatic rings. The normalized spacial score (nSPS) is 12.8. The summed E-state index contributed by atoms with van der Waals surface area (Å²) in [4.78, 5) is 5.33. The quantitative estimate of drug-likeness (QED) is 0.641. The molecular formula is C8H15N3OS. The molecule has 0 aliphatic carbocycles. The molecule has 0 bridgehead atoms. The molecule has 0 radical (unpaired) electrons. The molecule has 1 rings (SSSR count). The number of rotatable bonds is 5. The van der Waals surface area contributed by atoms with Crippen molar-refractivity contribution in [3.8, 4) is 0 Å².